The number of pyridine rings is 1. The number of hydrogen-bond acceptors (Lipinski definition) is 4. The Bertz CT molecular complexity index is 664. The van der Waals surface area contributed by atoms with Crippen LogP contribution in [0.25, 0.3) is 6.08 Å². The molecule has 0 bridgehead atoms. The largest absolute Gasteiger partial charge is 0.478 e. The van der Waals surface area contributed by atoms with Crippen molar-refractivity contribution in [2.24, 2.45) is 0 Å². The van der Waals surface area contributed by atoms with E-state index in [1.165, 1.54) is 5.57 Å². The highest BCUT2D eigenvalue weighted by molar-refractivity contribution is 5.88. The van der Waals surface area contributed by atoms with Crippen LogP contribution in [0.15, 0.2) is 17.7 Å². The molecule has 0 atom stereocenters. The SMILES string of the molecule is Cc1nc(C=C2CCN(C(=O)OC(C)(C)C)CC2)ccc1C(=O)O. The van der Waals surface area contributed by atoms with Gasteiger partial charge in [-0.25, -0.2) is 9.59 Å². The fourth-order valence-corrected chi connectivity index (χ4v) is 2.54. The van der Waals surface area contributed by atoms with Gasteiger partial charge in [0.05, 0.1) is 17.0 Å². The summed E-state index contributed by atoms with van der Waals surface area (Å²) in [6.45, 7) is 8.50. The quantitative estimate of drug-likeness (QED) is 0.896. The molecule has 1 aliphatic heterocycles. The number of piperidine rings is 1. The van der Waals surface area contributed by atoms with E-state index in [2.05, 4.69) is 4.98 Å². The molecule has 1 aromatic heterocycles. The van der Waals surface area contributed by atoms with Crippen LogP contribution in [0, 0.1) is 6.92 Å². The summed E-state index contributed by atoms with van der Waals surface area (Å²) >= 11 is 0. The lowest BCUT2D eigenvalue weighted by molar-refractivity contribution is 0.0236. The molecule has 1 amide bonds. The number of likely N-dealkylation sites (tertiary alicyclic amines) is 1. The summed E-state index contributed by atoms with van der Waals surface area (Å²) in [5.41, 5.74) is 2.18. The first kappa shape index (κ1) is 18.0. The van der Waals surface area contributed by atoms with E-state index in [4.69, 9.17) is 9.84 Å². The summed E-state index contributed by atoms with van der Waals surface area (Å²) in [5.74, 6) is -0.968. The molecule has 1 N–H and O–H groups in total. The van der Waals surface area contributed by atoms with Gasteiger partial charge in [-0.05, 0) is 58.7 Å². The lowest BCUT2D eigenvalue weighted by Crippen LogP contribution is -2.40. The fraction of sp³-hybridized carbons (Fsp3) is 0.500. The van der Waals surface area contributed by atoms with Gasteiger partial charge in [0, 0.05) is 13.1 Å². The third kappa shape index (κ3) is 4.81. The average Bonchev–Trinajstić information content (AvgIpc) is 2.45. The Kier molecular flexibility index (Phi) is 5.26. The number of carboxylic acid groups (broad SMARTS) is 1. The molecular weight excluding hydrogens is 308 g/mol. The zero-order valence-corrected chi connectivity index (χ0v) is 14.6. The molecule has 2 rings (SSSR count). The van der Waals surface area contributed by atoms with E-state index in [-0.39, 0.29) is 11.7 Å². The maximum Gasteiger partial charge on any atom is 0.410 e. The van der Waals surface area contributed by atoms with Crippen LogP contribution in [0.1, 0.15) is 55.4 Å². The van der Waals surface area contributed by atoms with Gasteiger partial charge in [0.15, 0.2) is 0 Å². The number of carboxylic acids is 1. The molecule has 0 aromatic carbocycles. The number of nitrogens with zero attached hydrogens (tertiary/aromatic N) is 2. The molecule has 0 aliphatic carbocycles. The van der Waals surface area contributed by atoms with Crippen LogP contribution in [0.3, 0.4) is 0 Å². The second kappa shape index (κ2) is 7.03. The van der Waals surface area contributed by atoms with E-state index in [1.54, 1.807) is 24.0 Å². The summed E-state index contributed by atoms with van der Waals surface area (Å²) in [6.07, 6.45) is 3.23. The van der Waals surface area contributed by atoms with Crippen molar-refractivity contribution >= 4 is 18.1 Å². The first-order valence-electron chi connectivity index (χ1n) is 8.04. The third-order valence-electron chi connectivity index (χ3n) is 3.75. The van der Waals surface area contributed by atoms with E-state index >= 15 is 0 Å². The molecule has 1 aliphatic rings. The number of aromatic carboxylic acids is 1. The molecule has 0 radical (unpaired) electrons. The number of aryl methyl sites for hydroxylation is 1. The van der Waals surface area contributed by atoms with Crippen molar-refractivity contribution in [2.75, 3.05) is 13.1 Å². The standard InChI is InChI=1S/C18H24N2O4/c1-12-15(16(21)22)6-5-14(19-12)11-13-7-9-20(10-8-13)17(23)24-18(2,3)4/h5-6,11H,7-10H2,1-4H3,(H,21,22). The number of amides is 1. The zero-order valence-electron chi connectivity index (χ0n) is 14.6. The Balaban J connectivity index is 1.99. The predicted molar refractivity (Wildman–Crippen MR) is 91.0 cm³/mol. The first-order chi connectivity index (χ1) is 11.2. The number of carbonyl (C=O) groups is 2. The molecule has 0 spiro atoms. The predicted octanol–water partition coefficient (Wildman–Crippen LogP) is 3.50. The van der Waals surface area contributed by atoms with Crippen molar-refractivity contribution < 1.29 is 19.4 Å². The van der Waals surface area contributed by atoms with Crippen LogP contribution < -0.4 is 0 Å². The van der Waals surface area contributed by atoms with Crippen molar-refractivity contribution in [3.63, 3.8) is 0 Å². The van der Waals surface area contributed by atoms with Crippen LogP contribution >= 0.6 is 0 Å². The highest BCUT2D eigenvalue weighted by atomic mass is 16.6. The zero-order chi connectivity index (χ0) is 17.9. The normalized spacial score (nSPS) is 15.2. The van der Waals surface area contributed by atoms with Crippen molar-refractivity contribution in [1.82, 2.24) is 9.88 Å². The Morgan fingerprint density at radius 3 is 2.38 bits per heavy atom. The topological polar surface area (TPSA) is 79.7 Å². The Labute approximate surface area is 142 Å². The number of ether oxygens (including phenoxy) is 1. The van der Waals surface area contributed by atoms with Crippen LogP contribution in [0.4, 0.5) is 4.79 Å². The van der Waals surface area contributed by atoms with Crippen LogP contribution in [-0.2, 0) is 4.74 Å². The van der Waals surface area contributed by atoms with E-state index in [0.717, 1.165) is 18.5 Å². The summed E-state index contributed by atoms with van der Waals surface area (Å²) in [6, 6.07) is 3.29. The van der Waals surface area contributed by atoms with Gasteiger partial charge in [0.2, 0.25) is 0 Å². The molecule has 0 saturated carbocycles. The molecule has 24 heavy (non-hydrogen) atoms. The van der Waals surface area contributed by atoms with Crippen LogP contribution in [0.5, 0.6) is 0 Å². The lowest BCUT2D eigenvalue weighted by Gasteiger charge is -2.31. The molecule has 1 saturated heterocycles. The molecular formula is C18H24N2O4. The number of aromatic nitrogens is 1. The van der Waals surface area contributed by atoms with Crippen molar-refractivity contribution in [2.45, 2.75) is 46.1 Å². The van der Waals surface area contributed by atoms with Gasteiger partial charge in [-0.3, -0.25) is 4.98 Å². The maximum atomic E-state index is 12.0. The minimum absolute atomic E-state index is 0.219. The molecule has 1 aromatic rings. The van der Waals surface area contributed by atoms with Gasteiger partial charge in [-0.2, -0.15) is 0 Å². The third-order valence-corrected chi connectivity index (χ3v) is 3.75. The highest BCUT2D eigenvalue weighted by Crippen LogP contribution is 2.21. The monoisotopic (exact) mass is 332 g/mol. The van der Waals surface area contributed by atoms with E-state index < -0.39 is 11.6 Å². The summed E-state index contributed by atoms with van der Waals surface area (Å²) in [4.78, 5) is 29.1. The van der Waals surface area contributed by atoms with Gasteiger partial charge in [0.1, 0.15) is 5.60 Å². The van der Waals surface area contributed by atoms with Crippen LogP contribution in [0.2, 0.25) is 0 Å². The van der Waals surface area contributed by atoms with Gasteiger partial charge in [-0.1, -0.05) is 5.57 Å². The minimum Gasteiger partial charge on any atom is -0.478 e. The molecule has 0 unspecified atom stereocenters. The van der Waals surface area contributed by atoms with Crippen molar-refractivity contribution in [3.8, 4) is 0 Å². The van der Waals surface area contributed by atoms with Crippen molar-refractivity contribution in [3.05, 3.63) is 34.7 Å². The van der Waals surface area contributed by atoms with Gasteiger partial charge in [-0.15, -0.1) is 0 Å². The van der Waals surface area contributed by atoms with E-state index in [9.17, 15) is 9.59 Å². The number of rotatable bonds is 2. The Morgan fingerprint density at radius 1 is 1.25 bits per heavy atom. The minimum atomic E-state index is -0.968. The van der Waals surface area contributed by atoms with Crippen molar-refractivity contribution in [1.29, 1.82) is 0 Å². The number of hydrogen-bond donors (Lipinski definition) is 1. The highest BCUT2D eigenvalue weighted by Gasteiger charge is 2.24. The molecule has 6 heteroatoms. The fourth-order valence-electron chi connectivity index (χ4n) is 2.54. The summed E-state index contributed by atoms with van der Waals surface area (Å²) in [5, 5.41) is 9.03. The maximum absolute atomic E-state index is 12.0. The average molecular weight is 332 g/mol. The van der Waals surface area contributed by atoms with Gasteiger partial charge >= 0.3 is 12.1 Å². The second-order valence-corrected chi connectivity index (χ2v) is 6.94. The number of carbonyl (C=O) groups excluding carboxylic acids is 1. The lowest BCUT2D eigenvalue weighted by atomic mass is 10.0. The summed E-state index contributed by atoms with van der Waals surface area (Å²) in [7, 11) is 0. The smallest absolute Gasteiger partial charge is 0.410 e. The van der Waals surface area contributed by atoms with E-state index in [0.29, 0.717) is 18.8 Å². The Morgan fingerprint density at radius 2 is 1.88 bits per heavy atom. The summed E-state index contributed by atoms with van der Waals surface area (Å²) < 4.78 is 5.38. The molecule has 1 fully saturated rings. The first-order valence-corrected chi connectivity index (χ1v) is 8.04. The van der Waals surface area contributed by atoms with E-state index in [1.807, 2.05) is 26.8 Å². The molecule has 6 nitrogen and oxygen atoms in total. The Hall–Kier alpha value is -2.37. The van der Waals surface area contributed by atoms with Gasteiger partial charge in [0.25, 0.3) is 0 Å². The molecule has 130 valence electrons. The molecule has 2 heterocycles. The van der Waals surface area contributed by atoms with Crippen LogP contribution in [-0.4, -0.2) is 45.7 Å². The van der Waals surface area contributed by atoms with Gasteiger partial charge < -0.3 is 14.7 Å². The second-order valence-electron chi connectivity index (χ2n) is 6.94.